The molecule has 0 aliphatic carbocycles. The van der Waals surface area contributed by atoms with Crippen LogP contribution in [0.2, 0.25) is 0 Å². The minimum atomic E-state index is -0.222. The van der Waals surface area contributed by atoms with Crippen LogP contribution in [-0.2, 0) is 4.79 Å². The largest absolute Gasteiger partial charge is 0.355 e. The highest BCUT2D eigenvalue weighted by molar-refractivity contribution is 5.78. The molecule has 0 rings (SSSR count). The van der Waals surface area contributed by atoms with Crippen LogP contribution in [-0.4, -0.2) is 25.0 Å². The molecule has 0 saturated carbocycles. The number of rotatable bonds is 6. The maximum Gasteiger partial charge on any atom is 0.234 e. The number of carbonyl (C=O) groups is 1. The van der Waals surface area contributed by atoms with E-state index in [0.717, 1.165) is 0 Å². The summed E-state index contributed by atoms with van der Waals surface area (Å²) in [5, 5.41) is 14.3. The van der Waals surface area contributed by atoms with Crippen LogP contribution in [0.25, 0.3) is 0 Å². The topological polar surface area (TPSA) is 64.9 Å². The smallest absolute Gasteiger partial charge is 0.234 e. The molecule has 0 spiro atoms. The number of amides is 1. The minimum absolute atomic E-state index is 0.0487. The van der Waals surface area contributed by atoms with E-state index in [9.17, 15) is 4.79 Å². The maximum atomic E-state index is 11.2. The molecule has 2 N–H and O–H groups in total. The van der Waals surface area contributed by atoms with Crippen LogP contribution < -0.4 is 10.6 Å². The van der Waals surface area contributed by atoms with Gasteiger partial charge in [0.25, 0.3) is 0 Å². The first kappa shape index (κ1) is 12.9. The van der Waals surface area contributed by atoms with Gasteiger partial charge < -0.3 is 5.32 Å². The number of hydrogen-bond donors (Lipinski definition) is 2. The number of nitrogens with zero attached hydrogens (tertiary/aromatic N) is 1. The van der Waals surface area contributed by atoms with Gasteiger partial charge in [0.05, 0.1) is 18.7 Å². The Hall–Kier alpha value is -1.08. The van der Waals surface area contributed by atoms with Crippen LogP contribution in [0.4, 0.5) is 0 Å². The third kappa shape index (κ3) is 6.44. The van der Waals surface area contributed by atoms with Gasteiger partial charge in [0.1, 0.15) is 0 Å². The molecule has 0 saturated heterocycles. The van der Waals surface area contributed by atoms with Crippen molar-refractivity contribution in [1.82, 2.24) is 10.6 Å². The summed E-state index contributed by atoms with van der Waals surface area (Å²) < 4.78 is 0. The molecule has 0 radical (unpaired) electrons. The zero-order valence-electron chi connectivity index (χ0n) is 9.13. The zero-order chi connectivity index (χ0) is 11.0. The average molecular weight is 197 g/mol. The Kier molecular flexibility index (Phi) is 6.77. The Morgan fingerprint density at radius 1 is 1.50 bits per heavy atom. The predicted molar refractivity (Wildman–Crippen MR) is 55.5 cm³/mol. The zero-order valence-corrected chi connectivity index (χ0v) is 9.13. The SMILES string of the molecule is CCC(C#N)NCC(=O)NCC(C)C. The molecule has 1 unspecified atom stereocenters. The van der Waals surface area contributed by atoms with Crippen molar-refractivity contribution in [3.63, 3.8) is 0 Å². The standard InChI is InChI=1S/C10H19N3O/c1-4-9(5-11)12-7-10(14)13-6-8(2)3/h8-9,12H,4,6-7H2,1-3H3,(H,13,14). The summed E-state index contributed by atoms with van der Waals surface area (Å²) >= 11 is 0. The molecule has 1 atom stereocenters. The quantitative estimate of drug-likeness (QED) is 0.657. The predicted octanol–water partition coefficient (Wildman–Crippen LogP) is 0.650. The number of hydrogen-bond acceptors (Lipinski definition) is 3. The van der Waals surface area contributed by atoms with Gasteiger partial charge in [0.2, 0.25) is 5.91 Å². The third-order valence-electron chi connectivity index (χ3n) is 1.78. The Balaban J connectivity index is 3.59. The van der Waals surface area contributed by atoms with Crippen molar-refractivity contribution in [2.24, 2.45) is 5.92 Å². The highest BCUT2D eigenvalue weighted by atomic mass is 16.1. The van der Waals surface area contributed by atoms with Crippen LogP contribution in [0.3, 0.4) is 0 Å². The Morgan fingerprint density at radius 2 is 2.14 bits per heavy atom. The fourth-order valence-corrected chi connectivity index (χ4v) is 0.878. The van der Waals surface area contributed by atoms with Crippen molar-refractivity contribution < 1.29 is 4.79 Å². The van der Waals surface area contributed by atoms with E-state index < -0.39 is 0 Å². The number of nitrogens with one attached hydrogen (secondary N) is 2. The van der Waals surface area contributed by atoms with Gasteiger partial charge in [-0.05, 0) is 12.3 Å². The Labute approximate surface area is 85.7 Å². The molecule has 0 bridgehead atoms. The lowest BCUT2D eigenvalue weighted by molar-refractivity contribution is -0.120. The monoisotopic (exact) mass is 197 g/mol. The molecule has 0 aromatic heterocycles. The molecule has 14 heavy (non-hydrogen) atoms. The lowest BCUT2D eigenvalue weighted by Gasteiger charge is -2.10. The molecule has 0 aromatic carbocycles. The molecule has 0 aliphatic rings. The van der Waals surface area contributed by atoms with Gasteiger partial charge in [0, 0.05) is 6.54 Å². The third-order valence-corrected chi connectivity index (χ3v) is 1.78. The highest BCUT2D eigenvalue weighted by Gasteiger charge is 2.06. The molecule has 0 aliphatic heterocycles. The summed E-state index contributed by atoms with van der Waals surface area (Å²) in [4.78, 5) is 11.2. The molecule has 1 amide bonds. The van der Waals surface area contributed by atoms with Crippen molar-refractivity contribution in [3.05, 3.63) is 0 Å². The molecular weight excluding hydrogens is 178 g/mol. The lowest BCUT2D eigenvalue weighted by atomic mass is 10.2. The maximum absolute atomic E-state index is 11.2. The summed E-state index contributed by atoms with van der Waals surface area (Å²) in [6.45, 7) is 6.89. The van der Waals surface area contributed by atoms with E-state index in [0.29, 0.717) is 18.9 Å². The first-order chi connectivity index (χ1) is 6.60. The van der Waals surface area contributed by atoms with Crippen LogP contribution in [0.15, 0.2) is 0 Å². The second-order valence-electron chi connectivity index (χ2n) is 3.67. The first-order valence-electron chi connectivity index (χ1n) is 4.99. The van der Waals surface area contributed by atoms with Crippen LogP contribution >= 0.6 is 0 Å². The van der Waals surface area contributed by atoms with Crippen molar-refractivity contribution >= 4 is 5.91 Å². The summed E-state index contributed by atoms with van der Waals surface area (Å²) in [6, 6.07) is 1.86. The number of carbonyl (C=O) groups excluding carboxylic acids is 1. The van der Waals surface area contributed by atoms with Gasteiger partial charge in [0.15, 0.2) is 0 Å². The van der Waals surface area contributed by atoms with Gasteiger partial charge in [-0.2, -0.15) is 5.26 Å². The second-order valence-corrected chi connectivity index (χ2v) is 3.67. The Bertz CT molecular complexity index is 208. The van der Waals surface area contributed by atoms with Gasteiger partial charge in [-0.25, -0.2) is 0 Å². The molecular formula is C10H19N3O. The molecule has 4 heteroatoms. The van der Waals surface area contributed by atoms with E-state index in [-0.39, 0.29) is 18.5 Å². The van der Waals surface area contributed by atoms with Crippen LogP contribution in [0, 0.1) is 17.2 Å². The fraction of sp³-hybridized carbons (Fsp3) is 0.800. The van der Waals surface area contributed by atoms with E-state index in [2.05, 4.69) is 16.7 Å². The number of nitriles is 1. The Morgan fingerprint density at radius 3 is 2.57 bits per heavy atom. The second kappa shape index (κ2) is 7.34. The average Bonchev–Trinajstić information content (AvgIpc) is 2.16. The van der Waals surface area contributed by atoms with Crippen molar-refractivity contribution in [1.29, 1.82) is 5.26 Å². The van der Waals surface area contributed by atoms with E-state index >= 15 is 0 Å². The van der Waals surface area contributed by atoms with Gasteiger partial charge in [-0.1, -0.05) is 20.8 Å². The van der Waals surface area contributed by atoms with Crippen molar-refractivity contribution in [2.45, 2.75) is 33.2 Å². The molecule has 0 fully saturated rings. The minimum Gasteiger partial charge on any atom is -0.355 e. The van der Waals surface area contributed by atoms with E-state index in [4.69, 9.17) is 5.26 Å². The van der Waals surface area contributed by atoms with E-state index in [1.54, 1.807) is 0 Å². The fourth-order valence-electron chi connectivity index (χ4n) is 0.878. The van der Waals surface area contributed by atoms with Crippen LogP contribution in [0.5, 0.6) is 0 Å². The summed E-state index contributed by atoms with van der Waals surface area (Å²) in [5.74, 6) is 0.407. The van der Waals surface area contributed by atoms with Gasteiger partial charge >= 0.3 is 0 Å². The first-order valence-corrected chi connectivity index (χ1v) is 4.99. The molecule has 0 aromatic rings. The van der Waals surface area contributed by atoms with E-state index in [1.165, 1.54) is 0 Å². The summed E-state index contributed by atoms with van der Waals surface area (Å²) in [5.41, 5.74) is 0. The summed E-state index contributed by atoms with van der Waals surface area (Å²) in [7, 11) is 0. The lowest BCUT2D eigenvalue weighted by Crippen LogP contribution is -2.39. The normalized spacial score (nSPS) is 12.2. The highest BCUT2D eigenvalue weighted by Crippen LogP contribution is 1.88. The molecule has 80 valence electrons. The van der Waals surface area contributed by atoms with Crippen LogP contribution in [0.1, 0.15) is 27.2 Å². The van der Waals surface area contributed by atoms with Gasteiger partial charge in [-0.3, -0.25) is 10.1 Å². The summed E-state index contributed by atoms with van der Waals surface area (Å²) in [6.07, 6.45) is 0.716. The van der Waals surface area contributed by atoms with Gasteiger partial charge in [-0.15, -0.1) is 0 Å². The molecule has 0 heterocycles. The molecule has 4 nitrogen and oxygen atoms in total. The van der Waals surface area contributed by atoms with Crippen molar-refractivity contribution in [3.8, 4) is 6.07 Å². The van der Waals surface area contributed by atoms with Crippen molar-refractivity contribution in [2.75, 3.05) is 13.1 Å². The van der Waals surface area contributed by atoms with E-state index in [1.807, 2.05) is 20.8 Å².